The Bertz CT molecular complexity index is 1510. The summed E-state index contributed by atoms with van der Waals surface area (Å²) in [6.07, 6.45) is 6.16. The van der Waals surface area contributed by atoms with E-state index < -0.39 is 11.4 Å². The van der Waals surface area contributed by atoms with E-state index in [1.165, 1.54) is 6.26 Å². The van der Waals surface area contributed by atoms with E-state index in [2.05, 4.69) is 11.4 Å². The third kappa shape index (κ3) is 5.14. The molecule has 2 N–H and O–H groups in total. The molecule has 200 valence electrons. The lowest BCUT2D eigenvalue weighted by Crippen LogP contribution is -2.34. The van der Waals surface area contributed by atoms with Gasteiger partial charge in [-0.15, -0.1) is 0 Å². The molecule has 0 saturated heterocycles. The molecule has 1 unspecified atom stereocenters. The van der Waals surface area contributed by atoms with Gasteiger partial charge in [-0.25, -0.2) is 0 Å². The van der Waals surface area contributed by atoms with E-state index in [1.807, 2.05) is 54.6 Å². The summed E-state index contributed by atoms with van der Waals surface area (Å²) in [5.41, 5.74) is 4.57. The van der Waals surface area contributed by atoms with Crippen LogP contribution in [-0.4, -0.2) is 36.0 Å². The first-order valence-electron chi connectivity index (χ1n) is 13.2. The molecule has 8 nitrogen and oxygen atoms in total. The third-order valence-electron chi connectivity index (χ3n) is 7.37. The number of pyridine rings is 1. The van der Waals surface area contributed by atoms with Gasteiger partial charge in [-0.2, -0.15) is 0 Å². The van der Waals surface area contributed by atoms with Gasteiger partial charge in [0.25, 0.3) is 0 Å². The molecule has 0 aliphatic carbocycles. The van der Waals surface area contributed by atoms with Gasteiger partial charge in [-0.05, 0) is 49.1 Å². The highest BCUT2D eigenvalue weighted by atomic mass is 16.7. The van der Waals surface area contributed by atoms with Crippen molar-refractivity contribution >= 4 is 22.6 Å². The van der Waals surface area contributed by atoms with Crippen molar-refractivity contribution in [2.24, 2.45) is 0 Å². The predicted octanol–water partition coefficient (Wildman–Crippen LogP) is 5.61. The molecule has 0 amide bonds. The number of hydrogen-bond donors (Lipinski definition) is 2. The average molecular weight is 527 g/mol. The summed E-state index contributed by atoms with van der Waals surface area (Å²) >= 11 is 0. The molecule has 1 atom stereocenters. The number of furan rings is 1. The summed E-state index contributed by atoms with van der Waals surface area (Å²) in [7, 11) is 0. The van der Waals surface area contributed by atoms with E-state index in [4.69, 9.17) is 23.6 Å². The Labute approximate surface area is 226 Å². The normalized spacial score (nSPS) is 15.8. The van der Waals surface area contributed by atoms with Crippen LogP contribution in [-0.2, 0) is 38.9 Å². The molecule has 4 heterocycles. The monoisotopic (exact) mass is 526 g/mol. The first kappa shape index (κ1) is 24.9. The number of fused-ring (bicyclic) bond motifs is 2. The van der Waals surface area contributed by atoms with Crippen LogP contribution in [0.3, 0.4) is 0 Å². The van der Waals surface area contributed by atoms with Crippen LogP contribution in [0.25, 0.3) is 11.0 Å². The van der Waals surface area contributed by atoms with Crippen LogP contribution in [0.15, 0.2) is 83.4 Å². The minimum atomic E-state index is -1.01. The Balaban J connectivity index is 1.26. The van der Waals surface area contributed by atoms with Crippen molar-refractivity contribution in [3.05, 3.63) is 101 Å². The summed E-state index contributed by atoms with van der Waals surface area (Å²) < 4.78 is 23.2. The Morgan fingerprint density at radius 2 is 2.03 bits per heavy atom. The van der Waals surface area contributed by atoms with Crippen molar-refractivity contribution in [2.45, 2.75) is 37.5 Å². The second kappa shape index (κ2) is 10.7. The second-order valence-corrected chi connectivity index (χ2v) is 9.96. The van der Waals surface area contributed by atoms with E-state index in [0.29, 0.717) is 36.5 Å². The molecule has 4 aromatic rings. The number of benzene rings is 2. The maximum absolute atomic E-state index is 12.2. The van der Waals surface area contributed by atoms with Crippen LogP contribution in [0.1, 0.15) is 35.4 Å². The molecule has 2 aromatic heterocycles. The summed E-state index contributed by atoms with van der Waals surface area (Å²) in [5, 5.41) is 14.2. The number of hydrogen-bond acceptors (Lipinski definition) is 7. The number of carbonyl (C=O) groups is 1. The Hall–Kier alpha value is -4.46. The molecule has 0 radical (unpaired) electrons. The van der Waals surface area contributed by atoms with Gasteiger partial charge in [0.1, 0.15) is 23.4 Å². The zero-order valence-corrected chi connectivity index (χ0v) is 21.5. The number of aryl methyl sites for hydroxylation is 1. The first-order chi connectivity index (χ1) is 19.1. The molecule has 0 spiro atoms. The quantitative estimate of drug-likeness (QED) is 0.275. The molecule has 8 heteroatoms. The molecular weight excluding hydrogens is 496 g/mol. The third-order valence-corrected chi connectivity index (χ3v) is 7.37. The molecule has 2 aromatic carbocycles. The molecule has 6 rings (SSSR count). The van der Waals surface area contributed by atoms with Crippen LogP contribution in [0, 0.1) is 0 Å². The fraction of sp³-hybridized carbons (Fsp3) is 0.290. The number of nitrogens with zero attached hydrogens (tertiary/aromatic N) is 1. The largest absolute Gasteiger partial charge is 0.493 e. The van der Waals surface area contributed by atoms with Gasteiger partial charge in [0, 0.05) is 35.7 Å². The highest BCUT2D eigenvalue weighted by Gasteiger charge is 2.44. The Morgan fingerprint density at radius 1 is 1.13 bits per heavy atom. The van der Waals surface area contributed by atoms with Crippen LogP contribution in [0.5, 0.6) is 5.75 Å². The fourth-order valence-corrected chi connectivity index (χ4v) is 5.51. The van der Waals surface area contributed by atoms with E-state index in [1.54, 1.807) is 6.26 Å². The number of nitrogens with one attached hydrogen (secondary N) is 1. The van der Waals surface area contributed by atoms with Crippen molar-refractivity contribution in [2.75, 3.05) is 25.3 Å². The number of aromatic nitrogens is 1. The van der Waals surface area contributed by atoms with E-state index >= 15 is 0 Å². The fourth-order valence-electron chi connectivity index (χ4n) is 5.51. The lowest BCUT2D eigenvalue weighted by Gasteiger charge is -2.32. The van der Waals surface area contributed by atoms with Crippen molar-refractivity contribution < 1.29 is 28.5 Å². The number of rotatable bonds is 10. The first-order valence-corrected chi connectivity index (χ1v) is 13.2. The Kier molecular flexibility index (Phi) is 6.84. The van der Waals surface area contributed by atoms with Gasteiger partial charge in [0.2, 0.25) is 6.79 Å². The molecule has 2 aliphatic heterocycles. The number of aliphatic carboxylic acids is 1. The van der Waals surface area contributed by atoms with Gasteiger partial charge in [0.15, 0.2) is 0 Å². The standard InChI is InChI=1S/C31H30N2O6/c34-30(35)17-31(29-19-36-20-39-29,16-21-5-2-1-3-6-21)25-18-38-28-15-23(9-10-24(25)28)37-14-12-22-8-11-26-27(33-22)7-4-13-32-26/h1-3,5-6,8-11,15,18-19,32H,4,7,12-14,16-17,20H2,(H,34,35). The van der Waals surface area contributed by atoms with Gasteiger partial charge < -0.3 is 29.1 Å². The highest BCUT2D eigenvalue weighted by Crippen LogP contribution is 2.45. The lowest BCUT2D eigenvalue weighted by molar-refractivity contribution is -0.138. The summed E-state index contributed by atoms with van der Waals surface area (Å²) in [4.78, 5) is 17.0. The van der Waals surface area contributed by atoms with Gasteiger partial charge in [-0.1, -0.05) is 30.3 Å². The molecule has 39 heavy (non-hydrogen) atoms. The van der Waals surface area contributed by atoms with Crippen LogP contribution in [0.4, 0.5) is 5.69 Å². The van der Waals surface area contributed by atoms with Crippen molar-refractivity contribution in [1.29, 1.82) is 0 Å². The van der Waals surface area contributed by atoms with Crippen LogP contribution in [0.2, 0.25) is 0 Å². The Morgan fingerprint density at radius 3 is 2.85 bits per heavy atom. The minimum Gasteiger partial charge on any atom is -0.493 e. The maximum Gasteiger partial charge on any atom is 0.304 e. The zero-order chi connectivity index (χ0) is 26.7. The van der Waals surface area contributed by atoms with Crippen molar-refractivity contribution in [1.82, 2.24) is 4.98 Å². The number of carboxylic acid groups (broad SMARTS) is 1. The summed E-state index contributed by atoms with van der Waals surface area (Å²) in [6.45, 7) is 1.53. The van der Waals surface area contributed by atoms with Crippen LogP contribution < -0.4 is 10.1 Å². The minimum absolute atomic E-state index is 0.0504. The zero-order valence-electron chi connectivity index (χ0n) is 21.5. The van der Waals surface area contributed by atoms with Gasteiger partial charge >= 0.3 is 5.97 Å². The van der Waals surface area contributed by atoms with Crippen molar-refractivity contribution in [3.8, 4) is 5.75 Å². The summed E-state index contributed by atoms with van der Waals surface area (Å²) in [6, 6.07) is 19.6. The molecule has 0 fully saturated rings. The number of carboxylic acids is 1. The SMILES string of the molecule is O=C(O)CC(Cc1ccccc1)(C1=COCO1)c1coc2cc(OCCc3ccc4c(n3)CCCN4)ccc12. The lowest BCUT2D eigenvalue weighted by atomic mass is 9.71. The predicted molar refractivity (Wildman–Crippen MR) is 146 cm³/mol. The van der Waals surface area contributed by atoms with Gasteiger partial charge in [-0.3, -0.25) is 9.78 Å². The molecule has 0 saturated carbocycles. The summed E-state index contributed by atoms with van der Waals surface area (Å²) in [5.74, 6) is 0.210. The smallest absolute Gasteiger partial charge is 0.304 e. The van der Waals surface area contributed by atoms with E-state index in [0.717, 1.165) is 53.0 Å². The number of allylic oxidation sites excluding steroid dienone is 1. The highest BCUT2D eigenvalue weighted by molar-refractivity contribution is 5.85. The van der Waals surface area contributed by atoms with Gasteiger partial charge in [0.05, 0.1) is 36.1 Å². The number of anilines is 1. The maximum atomic E-state index is 12.2. The molecule has 0 bridgehead atoms. The average Bonchev–Trinajstić information content (AvgIpc) is 3.64. The second-order valence-electron chi connectivity index (χ2n) is 9.96. The number of ether oxygens (including phenoxy) is 3. The topological polar surface area (TPSA) is 103 Å². The van der Waals surface area contributed by atoms with Crippen molar-refractivity contribution in [3.63, 3.8) is 0 Å². The van der Waals surface area contributed by atoms with Crippen LogP contribution >= 0.6 is 0 Å². The van der Waals surface area contributed by atoms with E-state index in [9.17, 15) is 9.90 Å². The molecule has 2 aliphatic rings. The molecular formula is C31H30N2O6. The van der Waals surface area contributed by atoms with E-state index in [-0.39, 0.29) is 13.2 Å².